The number of halogens is 1. The molecule has 0 fully saturated rings. The molecule has 0 aliphatic rings. The van der Waals surface area contributed by atoms with Crippen molar-refractivity contribution in [1.82, 2.24) is 9.88 Å². The van der Waals surface area contributed by atoms with Gasteiger partial charge >= 0.3 is 5.97 Å². The van der Waals surface area contributed by atoms with Crippen LogP contribution in [0.3, 0.4) is 0 Å². The zero-order valence-electron chi connectivity index (χ0n) is 10.3. The molecule has 1 aromatic rings. The second-order valence-corrected chi connectivity index (χ2v) is 4.37. The Labute approximate surface area is 110 Å². The van der Waals surface area contributed by atoms with E-state index in [-0.39, 0.29) is 22.3 Å². The number of carbonyl (C=O) groups is 2. The van der Waals surface area contributed by atoms with E-state index in [1.54, 1.807) is 21.0 Å². The lowest BCUT2D eigenvalue weighted by atomic mass is 10.2. The first-order valence-electron chi connectivity index (χ1n) is 5.19. The molecule has 2 N–H and O–H groups in total. The van der Waals surface area contributed by atoms with E-state index in [1.807, 2.05) is 0 Å². The Kier molecular flexibility index (Phi) is 4.49. The summed E-state index contributed by atoms with van der Waals surface area (Å²) in [5.74, 6) is -0.951. The van der Waals surface area contributed by atoms with Gasteiger partial charge in [-0.2, -0.15) is 0 Å². The second-order valence-electron chi connectivity index (χ2n) is 3.96. The first-order valence-corrected chi connectivity index (χ1v) is 5.57. The van der Waals surface area contributed by atoms with Crippen LogP contribution < -0.4 is 5.32 Å². The van der Waals surface area contributed by atoms with E-state index in [1.165, 1.54) is 17.2 Å². The van der Waals surface area contributed by atoms with Crippen LogP contribution in [-0.2, 0) is 4.79 Å². The van der Waals surface area contributed by atoms with Crippen LogP contribution in [-0.4, -0.2) is 47.0 Å². The van der Waals surface area contributed by atoms with Crippen molar-refractivity contribution in [3.05, 3.63) is 22.8 Å². The fraction of sp³-hybridized carbons (Fsp3) is 0.364. The van der Waals surface area contributed by atoms with Gasteiger partial charge in [-0.1, -0.05) is 11.6 Å². The molecule has 0 saturated carbocycles. The number of carboxylic acid groups (broad SMARTS) is 1. The number of hydrogen-bond acceptors (Lipinski definition) is 4. The maximum absolute atomic E-state index is 11.6. The zero-order valence-corrected chi connectivity index (χ0v) is 11.0. The molecule has 0 aromatic carbocycles. The van der Waals surface area contributed by atoms with Gasteiger partial charge in [0, 0.05) is 20.3 Å². The highest BCUT2D eigenvalue weighted by Gasteiger charge is 2.17. The molecule has 1 amide bonds. The van der Waals surface area contributed by atoms with Crippen LogP contribution >= 0.6 is 11.6 Å². The number of carboxylic acids is 1. The largest absolute Gasteiger partial charge is 0.478 e. The average molecular weight is 272 g/mol. The molecule has 0 spiro atoms. The van der Waals surface area contributed by atoms with Crippen molar-refractivity contribution in [3.63, 3.8) is 0 Å². The molecule has 0 bridgehead atoms. The molecule has 1 unspecified atom stereocenters. The first kappa shape index (κ1) is 14.2. The lowest BCUT2D eigenvalue weighted by Crippen LogP contribution is -2.36. The maximum atomic E-state index is 11.6. The summed E-state index contributed by atoms with van der Waals surface area (Å²) < 4.78 is 0. The summed E-state index contributed by atoms with van der Waals surface area (Å²) in [6.07, 6.45) is 1.18. The molecule has 0 aliphatic heterocycles. The van der Waals surface area contributed by atoms with Gasteiger partial charge in [-0.15, -0.1) is 0 Å². The molecule has 0 aliphatic carbocycles. The molecule has 7 heteroatoms. The van der Waals surface area contributed by atoms with Crippen LogP contribution in [0.2, 0.25) is 5.02 Å². The van der Waals surface area contributed by atoms with Crippen molar-refractivity contribution in [2.75, 3.05) is 19.4 Å². The van der Waals surface area contributed by atoms with Gasteiger partial charge in [-0.3, -0.25) is 4.79 Å². The maximum Gasteiger partial charge on any atom is 0.337 e. The van der Waals surface area contributed by atoms with Crippen molar-refractivity contribution >= 4 is 29.3 Å². The predicted molar refractivity (Wildman–Crippen MR) is 68.0 cm³/mol. The molecule has 1 heterocycles. The number of aromatic nitrogens is 1. The molecule has 1 rings (SSSR count). The minimum Gasteiger partial charge on any atom is -0.478 e. The van der Waals surface area contributed by atoms with Gasteiger partial charge in [-0.05, 0) is 13.0 Å². The number of likely N-dealkylation sites (N-methyl/N-ethyl adjacent to an activating group) is 1. The third kappa shape index (κ3) is 3.33. The van der Waals surface area contributed by atoms with Crippen molar-refractivity contribution < 1.29 is 14.7 Å². The Balaban J connectivity index is 2.86. The number of amides is 1. The lowest BCUT2D eigenvalue weighted by molar-refractivity contribution is -0.129. The molecule has 98 valence electrons. The van der Waals surface area contributed by atoms with Crippen molar-refractivity contribution in [2.45, 2.75) is 13.0 Å². The Hall–Kier alpha value is -1.82. The molecule has 18 heavy (non-hydrogen) atoms. The van der Waals surface area contributed by atoms with E-state index in [4.69, 9.17) is 16.7 Å². The SMILES string of the molecule is CC(Nc1ncc(C(=O)O)cc1Cl)C(=O)N(C)C. The minimum atomic E-state index is -1.10. The van der Waals surface area contributed by atoms with Gasteiger partial charge in [0.2, 0.25) is 5.91 Å². The number of nitrogens with one attached hydrogen (secondary N) is 1. The van der Waals surface area contributed by atoms with Crippen LogP contribution in [0.25, 0.3) is 0 Å². The van der Waals surface area contributed by atoms with E-state index < -0.39 is 12.0 Å². The van der Waals surface area contributed by atoms with Gasteiger partial charge in [-0.25, -0.2) is 9.78 Å². The van der Waals surface area contributed by atoms with Crippen LogP contribution in [0.5, 0.6) is 0 Å². The number of aromatic carboxylic acids is 1. The lowest BCUT2D eigenvalue weighted by Gasteiger charge is -2.18. The van der Waals surface area contributed by atoms with E-state index in [0.29, 0.717) is 0 Å². The average Bonchev–Trinajstić information content (AvgIpc) is 2.30. The Morgan fingerprint density at radius 3 is 2.56 bits per heavy atom. The van der Waals surface area contributed by atoms with Crippen molar-refractivity contribution in [3.8, 4) is 0 Å². The fourth-order valence-electron chi connectivity index (χ4n) is 1.32. The third-order valence-electron chi connectivity index (χ3n) is 2.25. The van der Waals surface area contributed by atoms with Gasteiger partial charge in [0.05, 0.1) is 10.6 Å². The highest BCUT2D eigenvalue weighted by atomic mass is 35.5. The molecule has 1 aromatic heterocycles. The molecule has 0 radical (unpaired) electrons. The van der Waals surface area contributed by atoms with Gasteiger partial charge in [0.15, 0.2) is 0 Å². The van der Waals surface area contributed by atoms with E-state index >= 15 is 0 Å². The van der Waals surface area contributed by atoms with Crippen LogP contribution in [0, 0.1) is 0 Å². The summed E-state index contributed by atoms with van der Waals surface area (Å²) >= 11 is 5.89. The minimum absolute atomic E-state index is 0.00265. The fourth-order valence-corrected chi connectivity index (χ4v) is 1.54. The number of pyridine rings is 1. The topological polar surface area (TPSA) is 82.5 Å². The number of rotatable bonds is 4. The highest BCUT2D eigenvalue weighted by molar-refractivity contribution is 6.33. The number of nitrogens with zero attached hydrogens (tertiary/aromatic N) is 2. The van der Waals surface area contributed by atoms with Crippen LogP contribution in [0.1, 0.15) is 17.3 Å². The Morgan fingerprint density at radius 1 is 1.50 bits per heavy atom. The van der Waals surface area contributed by atoms with Crippen molar-refractivity contribution in [1.29, 1.82) is 0 Å². The van der Waals surface area contributed by atoms with Crippen molar-refractivity contribution in [2.24, 2.45) is 0 Å². The van der Waals surface area contributed by atoms with Gasteiger partial charge in [0.1, 0.15) is 11.9 Å². The van der Waals surface area contributed by atoms with Gasteiger partial charge in [0.25, 0.3) is 0 Å². The van der Waals surface area contributed by atoms with Crippen LogP contribution in [0.15, 0.2) is 12.3 Å². The molecule has 0 saturated heterocycles. The van der Waals surface area contributed by atoms with Gasteiger partial charge < -0.3 is 15.3 Å². The predicted octanol–water partition coefficient (Wildman–Crippen LogP) is 1.32. The molecular formula is C11H14ClN3O3. The summed E-state index contributed by atoms with van der Waals surface area (Å²) in [6, 6.07) is 0.784. The smallest absolute Gasteiger partial charge is 0.337 e. The standard InChI is InChI=1S/C11H14ClN3O3/c1-6(10(16)15(2)3)14-9-8(12)4-7(5-13-9)11(17)18/h4-6H,1-3H3,(H,13,14)(H,17,18). The summed E-state index contributed by atoms with van der Waals surface area (Å²) in [5, 5.41) is 11.8. The quantitative estimate of drug-likeness (QED) is 0.863. The highest BCUT2D eigenvalue weighted by Crippen LogP contribution is 2.21. The van der Waals surface area contributed by atoms with E-state index in [9.17, 15) is 9.59 Å². The Bertz CT molecular complexity index is 477. The number of hydrogen-bond donors (Lipinski definition) is 2. The molecular weight excluding hydrogens is 258 g/mol. The summed E-state index contributed by atoms with van der Waals surface area (Å²) in [5.41, 5.74) is -0.00265. The van der Waals surface area contributed by atoms with E-state index in [0.717, 1.165) is 0 Å². The van der Waals surface area contributed by atoms with E-state index in [2.05, 4.69) is 10.3 Å². The first-order chi connectivity index (χ1) is 8.32. The third-order valence-corrected chi connectivity index (χ3v) is 2.54. The monoisotopic (exact) mass is 271 g/mol. The molecule has 1 atom stereocenters. The Morgan fingerprint density at radius 2 is 2.11 bits per heavy atom. The normalized spacial score (nSPS) is 11.8. The summed E-state index contributed by atoms with van der Waals surface area (Å²) in [6.45, 7) is 1.67. The zero-order chi connectivity index (χ0) is 13.9. The summed E-state index contributed by atoms with van der Waals surface area (Å²) in [7, 11) is 3.28. The summed E-state index contributed by atoms with van der Waals surface area (Å²) in [4.78, 5) is 27.7. The van der Waals surface area contributed by atoms with Crippen LogP contribution in [0.4, 0.5) is 5.82 Å². The molecule has 6 nitrogen and oxygen atoms in total. The number of carbonyl (C=O) groups excluding carboxylic acids is 1. The number of anilines is 1. The second kappa shape index (κ2) is 5.68.